The molecule has 1 aliphatic carbocycles. The summed E-state index contributed by atoms with van der Waals surface area (Å²) in [4.78, 5) is 4.91. The predicted octanol–water partition coefficient (Wildman–Crippen LogP) is 31.3. The molecule has 0 fully saturated rings. The molecule has 0 spiro atoms. The first-order chi connectivity index (χ1) is 57.3. The molecule has 0 radical (unpaired) electrons. The Hall–Kier alpha value is -14.6. The molecule has 3 heterocycles. The zero-order valence-electron chi connectivity index (χ0n) is 64.0. The Kier molecular flexibility index (Phi) is 15.5. The molecule has 1 aliphatic rings. The Morgan fingerprint density at radius 3 is 1.43 bits per heavy atom. The standard InChI is InChI=1S/C111H74N4S/c1-111(2)100-63-52-81(67-97(100)91-62-61-87(69-101(91)111)113(106-40-21-37-95-93-35-16-18-41-107(93)116-110(95)106)86-59-50-74(51-60-86)80-54-64-104-99(68-80)108-89-32-12-10-23-76(89)53-65-105(108)114(104)82-27-5-3-6-28-82)79-26-19-25-78(66-79)73-48-57-85(58-49-73)112(102-39-20-24-75-22-9-11-31-88(75)102)84-55-46-72(47-56-84)71-42-44-77(45-43-71)96-70-98-92-34-15-17-38-103(92)115(83-29-7-4-8-30-83)109(98)94-36-14-13-33-90(94)96/h3-70H,1-2H3. The topological polar surface area (TPSA) is 16.3 Å². The number of fused-ring (bicyclic) bond motifs is 17. The second-order valence-electron chi connectivity index (χ2n) is 31.5. The smallest absolute Gasteiger partial charge is 0.0640 e. The Morgan fingerprint density at radius 1 is 0.241 bits per heavy atom. The van der Waals surface area contributed by atoms with Crippen LogP contribution < -0.4 is 9.80 Å². The molecule has 0 N–H and O–H groups in total. The molecule has 3 aromatic heterocycles. The molecule has 0 unspecified atom stereocenters. The van der Waals surface area contributed by atoms with E-state index in [1.165, 1.54) is 169 Å². The summed E-state index contributed by atoms with van der Waals surface area (Å²) in [6.45, 7) is 4.81. The number of para-hydroxylation sites is 3. The van der Waals surface area contributed by atoms with Crippen LogP contribution in [-0.4, -0.2) is 9.13 Å². The van der Waals surface area contributed by atoms with E-state index in [0.717, 1.165) is 50.9 Å². The summed E-state index contributed by atoms with van der Waals surface area (Å²) in [6.07, 6.45) is 0. The van der Waals surface area contributed by atoms with E-state index in [4.69, 9.17) is 0 Å². The summed E-state index contributed by atoms with van der Waals surface area (Å²) in [5, 5.41) is 14.9. The van der Waals surface area contributed by atoms with E-state index in [-0.39, 0.29) is 5.41 Å². The molecule has 116 heavy (non-hydrogen) atoms. The summed E-state index contributed by atoms with van der Waals surface area (Å²) in [7, 11) is 0. The van der Waals surface area contributed by atoms with E-state index in [0.29, 0.717) is 0 Å². The van der Waals surface area contributed by atoms with Gasteiger partial charge in [0.1, 0.15) is 0 Å². The van der Waals surface area contributed by atoms with Crippen LogP contribution >= 0.6 is 11.3 Å². The zero-order valence-corrected chi connectivity index (χ0v) is 64.8. The first kappa shape index (κ1) is 67.1. The van der Waals surface area contributed by atoms with Gasteiger partial charge in [-0.25, -0.2) is 0 Å². The second kappa shape index (κ2) is 26.8. The fourth-order valence-corrected chi connectivity index (χ4v) is 20.3. The van der Waals surface area contributed by atoms with E-state index in [9.17, 15) is 0 Å². The summed E-state index contributed by atoms with van der Waals surface area (Å²) >= 11 is 1.88. The molecule has 0 amide bonds. The highest BCUT2D eigenvalue weighted by atomic mass is 32.1. The third-order valence-electron chi connectivity index (χ3n) is 24.7. The number of anilines is 6. The highest BCUT2D eigenvalue weighted by molar-refractivity contribution is 7.26. The summed E-state index contributed by atoms with van der Waals surface area (Å²) in [5.41, 5.74) is 30.6. The summed E-state index contributed by atoms with van der Waals surface area (Å²) in [6, 6.07) is 153. The van der Waals surface area contributed by atoms with Crippen LogP contribution in [-0.2, 0) is 5.41 Å². The number of rotatable bonds is 13. The van der Waals surface area contributed by atoms with Crippen LogP contribution in [0.2, 0.25) is 0 Å². The predicted molar refractivity (Wildman–Crippen MR) is 495 cm³/mol. The molecule has 0 bridgehead atoms. The minimum absolute atomic E-state index is 0.271. The Labute approximate surface area is 676 Å². The number of aromatic nitrogens is 2. The minimum atomic E-state index is -0.271. The van der Waals surface area contributed by atoms with Gasteiger partial charge in [0.2, 0.25) is 0 Å². The third kappa shape index (κ3) is 10.8. The molecular weight excluding hydrogens is 1420 g/mol. The fraction of sp³-hybridized carbons (Fsp3) is 0.0270. The quantitative estimate of drug-likeness (QED) is 0.114. The highest BCUT2D eigenvalue weighted by Crippen LogP contribution is 2.54. The maximum absolute atomic E-state index is 2.50. The molecule has 0 saturated carbocycles. The first-order valence-corrected chi connectivity index (χ1v) is 40.9. The van der Waals surface area contributed by atoms with Gasteiger partial charge in [-0.2, -0.15) is 0 Å². The molecule has 544 valence electrons. The summed E-state index contributed by atoms with van der Waals surface area (Å²) in [5.74, 6) is 0. The molecule has 23 rings (SSSR count). The van der Waals surface area contributed by atoms with E-state index < -0.39 is 0 Å². The van der Waals surface area contributed by atoms with Crippen molar-refractivity contribution in [3.63, 3.8) is 0 Å². The van der Waals surface area contributed by atoms with Crippen LogP contribution in [0.1, 0.15) is 25.0 Å². The molecule has 4 nitrogen and oxygen atoms in total. The van der Waals surface area contributed by atoms with Crippen LogP contribution in [0, 0.1) is 0 Å². The van der Waals surface area contributed by atoms with Gasteiger partial charge in [-0.3, -0.25) is 0 Å². The van der Waals surface area contributed by atoms with Crippen molar-refractivity contribution in [2.45, 2.75) is 19.3 Å². The molecule has 19 aromatic carbocycles. The Balaban J connectivity index is 0.555. The largest absolute Gasteiger partial charge is 0.310 e. The average molecular weight is 1500 g/mol. The lowest BCUT2D eigenvalue weighted by Crippen LogP contribution is -2.16. The minimum Gasteiger partial charge on any atom is -0.310 e. The van der Waals surface area contributed by atoms with Gasteiger partial charge in [-0.05, 0) is 233 Å². The van der Waals surface area contributed by atoms with Gasteiger partial charge in [-0.15, -0.1) is 11.3 Å². The van der Waals surface area contributed by atoms with Crippen molar-refractivity contribution in [3.05, 3.63) is 424 Å². The maximum atomic E-state index is 2.50. The molecular formula is C111H74N4S. The third-order valence-corrected chi connectivity index (χ3v) is 25.9. The zero-order chi connectivity index (χ0) is 76.7. The van der Waals surface area contributed by atoms with Gasteiger partial charge >= 0.3 is 0 Å². The number of nitrogens with zero attached hydrogens (tertiary/aromatic N) is 4. The van der Waals surface area contributed by atoms with Crippen molar-refractivity contribution >= 4 is 142 Å². The van der Waals surface area contributed by atoms with Crippen molar-refractivity contribution in [1.29, 1.82) is 0 Å². The van der Waals surface area contributed by atoms with Crippen molar-refractivity contribution in [3.8, 4) is 78.1 Å². The van der Waals surface area contributed by atoms with E-state index >= 15 is 0 Å². The van der Waals surface area contributed by atoms with Crippen LogP contribution in [0.4, 0.5) is 34.1 Å². The second-order valence-corrected chi connectivity index (χ2v) is 32.5. The first-order valence-electron chi connectivity index (χ1n) is 40.1. The van der Waals surface area contributed by atoms with Gasteiger partial charge < -0.3 is 18.9 Å². The number of benzene rings is 19. The fourth-order valence-electron chi connectivity index (χ4n) is 19.1. The van der Waals surface area contributed by atoms with E-state index in [1.807, 2.05) is 11.3 Å². The summed E-state index contributed by atoms with van der Waals surface area (Å²) < 4.78 is 7.40. The van der Waals surface area contributed by atoms with Gasteiger partial charge in [0.05, 0.1) is 38.1 Å². The van der Waals surface area contributed by atoms with E-state index in [2.05, 4.69) is 445 Å². The van der Waals surface area contributed by atoms with Crippen molar-refractivity contribution in [2.24, 2.45) is 0 Å². The maximum Gasteiger partial charge on any atom is 0.0640 e. The Bertz CT molecular complexity index is 7690. The Morgan fingerprint density at radius 2 is 0.716 bits per heavy atom. The molecule has 22 aromatic rings. The molecule has 0 aliphatic heterocycles. The van der Waals surface area contributed by atoms with Crippen LogP contribution in [0.15, 0.2) is 413 Å². The molecule has 0 saturated heterocycles. The number of thiophene rings is 1. The van der Waals surface area contributed by atoms with Crippen LogP contribution in [0.5, 0.6) is 0 Å². The lowest BCUT2D eigenvalue weighted by Gasteiger charge is -2.28. The van der Waals surface area contributed by atoms with Crippen molar-refractivity contribution in [1.82, 2.24) is 9.13 Å². The van der Waals surface area contributed by atoms with Crippen LogP contribution in [0.25, 0.3) is 174 Å². The van der Waals surface area contributed by atoms with E-state index in [1.54, 1.807) is 0 Å². The van der Waals surface area contributed by atoms with Gasteiger partial charge in [0, 0.05) is 87.3 Å². The van der Waals surface area contributed by atoms with Crippen molar-refractivity contribution in [2.75, 3.05) is 9.80 Å². The monoisotopic (exact) mass is 1490 g/mol. The average Bonchev–Trinajstić information content (AvgIpc) is 1.56. The SMILES string of the molecule is CC1(C)c2ccc(-c3cccc(-c4ccc(N(c5ccc(-c6ccc(-c7cc8c9ccccc9n(-c9ccccc9)c8c8ccccc78)cc6)cc5)c5cccc6ccccc56)cc4)c3)cc2-c2ccc(N(c3ccc(-c4ccc5c(c4)c4c6ccccc6ccc4n5-c4ccccc4)cc3)c3cccc4c3sc3ccccc34)cc21. The molecule has 0 atom stereocenters. The van der Waals surface area contributed by atoms with Gasteiger partial charge in [0.25, 0.3) is 0 Å². The number of hydrogen-bond donors (Lipinski definition) is 0. The lowest BCUT2D eigenvalue weighted by molar-refractivity contribution is 0.660. The lowest BCUT2D eigenvalue weighted by atomic mass is 9.82. The van der Waals surface area contributed by atoms with Gasteiger partial charge in [-0.1, -0.05) is 293 Å². The molecule has 5 heteroatoms. The number of hydrogen-bond acceptors (Lipinski definition) is 3. The highest BCUT2D eigenvalue weighted by Gasteiger charge is 2.37. The van der Waals surface area contributed by atoms with Crippen molar-refractivity contribution < 1.29 is 0 Å². The van der Waals surface area contributed by atoms with Crippen LogP contribution in [0.3, 0.4) is 0 Å². The van der Waals surface area contributed by atoms with Gasteiger partial charge in [0.15, 0.2) is 0 Å². The normalized spacial score (nSPS) is 12.5.